The molecule has 0 fully saturated rings. The van der Waals surface area contributed by atoms with E-state index in [1.54, 1.807) is 7.05 Å². The van der Waals surface area contributed by atoms with Crippen molar-refractivity contribution in [2.45, 2.75) is 46.6 Å². The molecule has 0 rings (SSSR count). The number of carbonyl (C=O) groups is 1. The normalized spacial score (nSPS) is 11.7. The Morgan fingerprint density at radius 3 is 2.19 bits per heavy atom. The fourth-order valence-corrected chi connectivity index (χ4v) is 1.32. The molecule has 0 aromatic rings. The number of alkyl carbamates (subject to hydrolysis) is 1. The lowest BCUT2D eigenvalue weighted by Gasteiger charge is -2.19. The minimum atomic E-state index is -0.453. The molecule has 0 aliphatic rings. The van der Waals surface area contributed by atoms with Crippen LogP contribution in [0, 0.1) is 5.92 Å². The van der Waals surface area contributed by atoms with Crippen LogP contribution in [0.2, 0.25) is 0 Å². The highest BCUT2D eigenvalue weighted by molar-refractivity contribution is 14.0. The third-order valence-electron chi connectivity index (χ3n) is 2.22. The van der Waals surface area contributed by atoms with Crippen molar-refractivity contribution >= 4 is 36.0 Å². The van der Waals surface area contributed by atoms with Crippen LogP contribution in [0.15, 0.2) is 4.99 Å². The molecule has 0 aromatic heterocycles. The second-order valence-corrected chi connectivity index (χ2v) is 6.06. The van der Waals surface area contributed by atoms with Gasteiger partial charge in [-0.05, 0) is 33.1 Å². The molecule has 3 N–H and O–H groups in total. The lowest BCUT2D eigenvalue weighted by Crippen LogP contribution is -2.40. The fraction of sp³-hybridized carbons (Fsp3) is 0.857. The Hall–Kier alpha value is -0.730. The van der Waals surface area contributed by atoms with Crippen molar-refractivity contribution < 1.29 is 9.53 Å². The Labute approximate surface area is 145 Å². The quantitative estimate of drug-likeness (QED) is 0.270. The van der Waals surface area contributed by atoms with Crippen LogP contribution in [-0.2, 0) is 4.74 Å². The van der Waals surface area contributed by atoms with Gasteiger partial charge in [0.15, 0.2) is 5.96 Å². The number of halogens is 1. The van der Waals surface area contributed by atoms with Crippen LogP contribution in [-0.4, -0.2) is 44.3 Å². The van der Waals surface area contributed by atoms with Crippen molar-refractivity contribution in [1.82, 2.24) is 16.0 Å². The van der Waals surface area contributed by atoms with Gasteiger partial charge >= 0.3 is 6.09 Å². The van der Waals surface area contributed by atoms with E-state index >= 15 is 0 Å². The van der Waals surface area contributed by atoms with Gasteiger partial charge in [-0.2, -0.15) is 0 Å². The zero-order valence-electron chi connectivity index (χ0n) is 14.1. The molecule has 0 saturated carbocycles. The van der Waals surface area contributed by atoms with Gasteiger partial charge in [0.25, 0.3) is 0 Å². The predicted octanol–water partition coefficient (Wildman–Crippen LogP) is 2.34. The molecule has 126 valence electrons. The third-order valence-corrected chi connectivity index (χ3v) is 2.22. The number of carbonyl (C=O) groups excluding carboxylic acids is 1. The first kappa shape index (κ1) is 22.5. The molecule has 21 heavy (non-hydrogen) atoms. The van der Waals surface area contributed by atoms with E-state index in [1.807, 2.05) is 20.8 Å². The van der Waals surface area contributed by atoms with Gasteiger partial charge in [0.1, 0.15) is 5.60 Å². The van der Waals surface area contributed by atoms with E-state index in [0.29, 0.717) is 12.5 Å². The largest absolute Gasteiger partial charge is 0.444 e. The zero-order chi connectivity index (χ0) is 15.6. The summed E-state index contributed by atoms with van der Waals surface area (Å²) in [6.07, 6.45) is 0.432. The molecule has 0 heterocycles. The first-order valence-electron chi connectivity index (χ1n) is 7.16. The lowest BCUT2D eigenvalue weighted by molar-refractivity contribution is 0.0527. The van der Waals surface area contributed by atoms with Crippen molar-refractivity contribution in [2.24, 2.45) is 10.9 Å². The molecule has 0 radical (unpaired) electrons. The number of guanidine groups is 1. The summed E-state index contributed by atoms with van der Waals surface area (Å²) in [6, 6.07) is 0. The van der Waals surface area contributed by atoms with Gasteiger partial charge in [-0.25, -0.2) is 4.79 Å². The topological polar surface area (TPSA) is 74.8 Å². The highest BCUT2D eigenvalue weighted by atomic mass is 127. The number of rotatable bonds is 6. The van der Waals surface area contributed by atoms with Crippen LogP contribution >= 0.6 is 24.0 Å². The number of aliphatic imine (C=N–C) groups is 1. The Bertz CT molecular complexity index is 315. The average molecular weight is 414 g/mol. The molecule has 0 saturated heterocycles. The summed E-state index contributed by atoms with van der Waals surface area (Å²) in [4.78, 5) is 15.5. The Balaban J connectivity index is 0. The molecular weight excluding hydrogens is 383 g/mol. The Kier molecular flexibility index (Phi) is 12.8. The molecule has 7 heteroatoms. The Morgan fingerprint density at radius 2 is 1.71 bits per heavy atom. The molecule has 1 amide bonds. The number of amides is 1. The fourth-order valence-electron chi connectivity index (χ4n) is 1.32. The van der Waals surface area contributed by atoms with Gasteiger partial charge in [0, 0.05) is 26.7 Å². The monoisotopic (exact) mass is 414 g/mol. The lowest BCUT2D eigenvalue weighted by atomic mass is 10.2. The first-order chi connectivity index (χ1) is 9.24. The molecule has 0 atom stereocenters. The molecule has 0 aromatic carbocycles. The van der Waals surface area contributed by atoms with E-state index in [4.69, 9.17) is 4.74 Å². The van der Waals surface area contributed by atoms with E-state index in [0.717, 1.165) is 25.5 Å². The maximum absolute atomic E-state index is 11.4. The minimum Gasteiger partial charge on any atom is -0.444 e. The average Bonchev–Trinajstić information content (AvgIpc) is 2.30. The van der Waals surface area contributed by atoms with Crippen LogP contribution in [0.25, 0.3) is 0 Å². The highest BCUT2D eigenvalue weighted by Crippen LogP contribution is 2.06. The summed E-state index contributed by atoms with van der Waals surface area (Å²) in [7, 11) is 1.74. The summed E-state index contributed by atoms with van der Waals surface area (Å²) in [5, 5.41) is 9.14. The van der Waals surface area contributed by atoms with Crippen molar-refractivity contribution in [2.75, 3.05) is 26.7 Å². The standard InChI is InChI=1S/C14H30N4O2.HI/c1-11(2)10-18-12(15-6)16-8-7-9-17-13(19)20-14(3,4)5;/h11H,7-10H2,1-6H3,(H,17,19)(H2,15,16,18);1H. The maximum Gasteiger partial charge on any atom is 0.407 e. The van der Waals surface area contributed by atoms with Gasteiger partial charge in [-0.1, -0.05) is 13.8 Å². The summed E-state index contributed by atoms with van der Waals surface area (Å²) in [6.45, 7) is 12.0. The van der Waals surface area contributed by atoms with Gasteiger partial charge in [0.2, 0.25) is 0 Å². The van der Waals surface area contributed by atoms with E-state index in [-0.39, 0.29) is 30.1 Å². The molecule has 6 nitrogen and oxygen atoms in total. The second kappa shape index (κ2) is 11.9. The summed E-state index contributed by atoms with van der Waals surface area (Å²) in [5.74, 6) is 1.36. The van der Waals surface area contributed by atoms with Crippen molar-refractivity contribution in [1.29, 1.82) is 0 Å². The third kappa shape index (κ3) is 15.5. The predicted molar refractivity (Wildman–Crippen MR) is 98.5 cm³/mol. The minimum absolute atomic E-state index is 0. The number of ether oxygens (including phenoxy) is 1. The first-order valence-corrected chi connectivity index (χ1v) is 7.16. The van der Waals surface area contributed by atoms with Crippen LogP contribution < -0.4 is 16.0 Å². The summed E-state index contributed by atoms with van der Waals surface area (Å²) >= 11 is 0. The number of nitrogens with zero attached hydrogens (tertiary/aromatic N) is 1. The van der Waals surface area contributed by atoms with E-state index in [2.05, 4.69) is 34.8 Å². The van der Waals surface area contributed by atoms with E-state index in [9.17, 15) is 4.79 Å². The van der Waals surface area contributed by atoms with Gasteiger partial charge in [-0.3, -0.25) is 4.99 Å². The zero-order valence-corrected chi connectivity index (χ0v) is 16.4. The van der Waals surface area contributed by atoms with Crippen LogP contribution in [0.4, 0.5) is 4.79 Å². The number of hydrogen-bond donors (Lipinski definition) is 3. The molecule has 0 unspecified atom stereocenters. The van der Waals surface area contributed by atoms with E-state index in [1.165, 1.54) is 0 Å². The molecule has 0 spiro atoms. The van der Waals surface area contributed by atoms with Gasteiger partial charge in [0.05, 0.1) is 0 Å². The molecule has 0 aliphatic heterocycles. The molecule has 0 bridgehead atoms. The SMILES string of the molecule is CN=C(NCCCNC(=O)OC(C)(C)C)NCC(C)C.I. The van der Waals surface area contributed by atoms with E-state index < -0.39 is 5.60 Å². The van der Waals surface area contributed by atoms with Gasteiger partial charge < -0.3 is 20.7 Å². The van der Waals surface area contributed by atoms with Crippen LogP contribution in [0.3, 0.4) is 0 Å². The van der Waals surface area contributed by atoms with Crippen molar-refractivity contribution in [3.63, 3.8) is 0 Å². The summed E-state index contributed by atoms with van der Waals surface area (Å²) in [5.41, 5.74) is -0.453. The van der Waals surface area contributed by atoms with Gasteiger partial charge in [-0.15, -0.1) is 24.0 Å². The van der Waals surface area contributed by atoms with Crippen molar-refractivity contribution in [3.8, 4) is 0 Å². The van der Waals surface area contributed by atoms with Crippen LogP contribution in [0.5, 0.6) is 0 Å². The smallest absolute Gasteiger partial charge is 0.407 e. The number of nitrogens with one attached hydrogen (secondary N) is 3. The maximum atomic E-state index is 11.4. The molecule has 0 aliphatic carbocycles. The highest BCUT2D eigenvalue weighted by Gasteiger charge is 2.15. The summed E-state index contributed by atoms with van der Waals surface area (Å²) < 4.78 is 5.14. The Morgan fingerprint density at radius 1 is 1.14 bits per heavy atom. The number of hydrogen-bond acceptors (Lipinski definition) is 3. The van der Waals surface area contributed by atoms with Crippen LogP contribution in [0.1, 0.15) is 41.0 Å². The second-order valence-electron chi connectivity index (χ2n) is 6.06. The molecular formula is C14H31IN4O2. The van der Waals surface area contributed by atoms with Crippen molar-refractivity contribution in [3.05, 3.63) is 0 Å².